The number of carbonyl (C=O) groups excluding carboxylic acids is 2. The highest BCUT2D eigenvalue weighted by atomic mass is 35.5. The number of nitrogens with one attached hydrogen (secondary N) is 2. The molecule has 2 N–H and O–H groups in total. The number of aromatic nitrogens is 1. The fraction of sp³-hybridized carbons (Fsp3) is 0.378. The lowest BCUT2D eigenvalue weighted by Gasteiger charge is -2.44. The Labute approximate surface area is 300 Å². The first kappa shape index (κ1) is 35.2. The number of aromatic amines is 1. The van der Waals surface area contributed by atoms with Crippen LogP contribution in [0.1, 0.15) is 56.2 Å². The predicted molar refractivity (Wildman–Crippen MR) is 188 cm³/mol. The third kappa shape index (κ3) is 8.56. The number of nitrogens with zero attached hydrogens (tertiary/aromatic N) is 1. The number of hydrogen-bond donors (Lipinski definition) is 1. The molecule has 3 saturated heterocycles. The van der Waals surface area contributed by atoms with Crippen molar-refractivity contribution in [3.8, 4) is 11.5 Å². The van der Waals surface area contributed by atoms with Gasteiger partial charge in [-0.3, -0.25) is 5.32 Å². The fourth-order valence-corrected chi connectivity index (χ4v) is 8.02. The van der Waals surface area contributed by atoms with Crippen molar-refractivity contribution in [1.82, 2.24) is 10.2 Å². The van der Waals surface area contributed by atoms with Crippen LogP contribution in [0.15, 0.2) is 73.1 Å². The molecule has 0 aliphatic carbocycles. The van der Waals surface area contributed by atoms with Crippen LogP contribution in [0.2, 0.25) is 10.0 Å². The summed E-state index contributed by atoms with van der Waals surface area (Å²) in [6.45, 7) is 4.07. The summed E-state index contributed by atoms with van der Waals surface area (Å²) in [5.74, 6) is 1.25. The largest absolute Gasteiger partial charge is 0.493 e. The van der Waals surface area contributed by atoms with Crippen molar-refractivity contribution in [2.45, 2.75) is 38.0 Å². The van der Waals surface area contributed by atoms with Crippen molar-refractivity contribution in [1.29, 1.82) is 0 Å². The van der Waals surface area contributed by atoms with Crippen LogP contribution in [0.3, 0.4) is 0 Å². The molecule has 3 aliphatic heterocycles. The topological polar surface area (TPSA) is 100 Å². The lowest BCUT2D eigenvalue weighted by atomic mass is 9.79. The lowest BCUT2D eigenvalue weighted by molar-refractivity contribution is -0.377. The molecule has 49 heavy (non-hydrogen) atoms. The summed E-state index contributed by atoms with van der Waals surface area (Å²) in [5.41, 5.74) is 2.15. The van der Waals surface area contributed by atoms with Gasteiger partial charge < -0.3 is 23.8 Å². The summed E-state index contributed by atoms with van der Waals surface area (Å²) < 4.78 is 23.0. The number of rotatable bonds is 14. The number of benzene rings is 2. The maximum atomic E-state index is 13.6. The molecule has 0 spiro atoms. The fourth-order valence-electron chi connectivity index (χ4n) is 6.64. The molecule has 0 radical (unpaired) electrons. The normalized spacial score (nSPS) is 19.6. The van der Waals surface area contributed by atoms with Gasteiger partial charge in [0.25, 0.3) is 0 Å². The van der Waals surface area contributed by atoms with Gasteiger partial charge in [0.05, 0.1) is 20.8 Å². The number of ether oxygens (including phenoxy) is 4. The smallest absolute Gasteiger partial charge is 0.348 e. The maximum Gasteiger partial charge on any atom is 0.348 e. The number of halogens is 2. The molecule has 5 heterocycles. The van der Waals surface area contributed by atoms with Crippen LogP contribution in [-0.2, 0) is 27.2 Å². The first-order valence-corrected chi connectivity index (χ1v) is 17.9. The van der Waals surface area contributed by atoms with Gasteiger partial charge in [-0.15, -0.1) is 11.3 Å². The van der Waals surface area contributed by atoms with E-state index in [1.165, 1.54) is 24.2 Å². The van der Waals surface area contributed by atoms with E-state index >= 15 is 0 Å². The number of carbonyl (C=O) groups is 2. The molecule has 2 bridgehead atoms. The highest BCUT2D eigenvalue weighted by Gasteiger charge is 2.35. The van der Waals surface area contributed by atoms with Gasteiger partial charge >= 0.3 is 11.9 Å². The van der Waals surface area contributed by atoms with Gasteiger partial charge in [0.2, 0.25) is 0 Å². The predicted octanol–water partition coefficient (Wildman–Crippen LogP) is 6.74. The zero-order valence-corrected chi connectivity index (χ0v) is 29.8. The molecule has 2 aromatic carbocycles. The van der Waals surface area contributed by atoms with Crippen LogP contribution in [-0.4, -0.2) is 57.3 Å². The Morgan fingerprint density at radius 3 is 2.37 bits per heavy atom. The van der Waals surface area contributed by atoms with Gasteiger partial charge in [0.15, 0.2) is 23.9 Å². The second-order valence-electron chi connectivity index (χ2n) is 12.4. The molecule has 0 saturated carbocycles. The van der Waals surface area contributed by atoms with Crippen LogP contribution in [0.4, 0.5) is 0 Å². The number of piperidine rings is 3. The Bertz CT molecular complexity index is 1730. The van der Waals surface area contributed by atoms with E-state index in [1.807, 2.05) is 42.5 Å². The summed E-state index contributed by atoms with van der Waals surface area (Å²) in [6.07, 6.45) is 5.10. The van der Waals surface area contributed by atoms with Crippen LogP contribution in [0.25, 0.3) is 0 Å². The van der Waals surface area contributed by atoms with Crippen molar-refractivity contribution in [2.75, 3.05) is 40.5 Å². The molecular formula is C37H40Cl2N3O6S+. The molecule has 9 nitrogen and oxygen atoms in total. The minimum atomic E-state index is -0.734. The Morgan fingerprint density at radius 2 is 1.69 bits per heavy atom. The summed E-state index contributed by atoms with van der Waals surface area (Å²) in [4.78, 5) is 33.7. The minimum absolute atomic E-state index is 0.230. The maximum absolute atomic E-state index is 13.6. The molecule has 3 atom stereocenters. The van der Waals surface area contributed by atoms with Gasteiger partial charge in [-0.25, -0.2) is 14.6 Å². The van der Waals surface area contributed by atoms with Gasteiger partial charge in [0, 0.05) is 35.9 Å². The quantitative estimate of drug-likeness (QED) is 0.143. The van der Waals surface area contributed by atoms with Crippen LogP contribution in [0.5, 0.6) is 11.5 Å². The first-order chi connectivity index (χ1) is 23.8. The molecule has 4 aromatic rings. The Balaban J connectivity index is 1.14. The van der Waals surface area contributed by atoms with Crippen LogP contribution >= 0.6 is 34.5 Å². The summed E-state index contributed by atoms with van der Waals surface area (Å²) in [6, 6.07) is 17.9. The van der Waals surface area contributed by atoms with Gasteiger partial charge in [-0.2, -0.15) is 0 Å². The average Bonchev–Trinajstić information content (AvgIpc) is 3.62. The highest BCUT2D eigenvalue weighted by molar-refractivity contribution is 7.13. The Kier molecular flexibility index (Phi) is 11.7. The number of pyridine rings is 1. The monoisotopic (exact) mass is 724 g/mol. The van der Waals surface area contributed by atoms with E-state index in [0.717, 1.165) is 30.1 Å². The number of fused-ring (bicyclic) bond motifs is 3. The van der Waals surface area contributed by atoms with Gasteiger partial charge in [-0.05, 0) is 67.2 Å². The van der Waals surface area contributed by atoms with Crippen molar-refractivity contribution in [3.63, 3.8) is 0 Å². The standard InChI is InChI=1S/C37H39Cl2N3O6S/c1-45-31-10-8-25(16-33(31)46-2)32(17-28-29(38)19-40-20-30(28)39)48-36(43)34-11-9-27(49-34)18-41-35(24-6-4-3-5-7-24)37(44)47-22-26-21-42-14-12-23(26)13-15-42/h3-11,16,19-20,23,26,32,35,41H,12-15,17-18,21-22H2,1-2H3/p+1/t26-,32+,35?/m1/s1. The number of methoxy groups -OCH3 is 2. The van der Waals surface area contributed by atoms with E-state index in [4.69, 9.17) is 42.1 Å². The number of esters is 2. The van der Waals surface area contributed by atoms with E-state index in [9.17, 15) is 9.59 Å². The molecule has 0 amide bonds. The summed E-state index contributed by atoms with van der Waals surface area (Å²) in [7, 11) is 3.10. The zero-order valence-electron chi connectivity index (χ0n) is 27.5. The second kappa shape index (κ2) is 16.4. The first-order valence-electron chi connectivity index (χ1n) is 16.4. The van der Waals surface area contributed by atoms with Crippen molar-refractivity contribution >= 4 is 46.5 Å². The second-order valence-corrected chi connectivity index (χ2v) is 14.3. The van der Waals surface area contributed by atoms with E-state index in [-0.39, 0.29) is 12.4 Å². The molecule has 2 aromatic heterocycles. The molecule has 12 heteroatoms. The molecule has 3 fully saturated rings. The molecule has 3 aliphatic rings. The highest BCUT2D eigenvalue weighted by Crippen LogP contribution is 2.36. The number of hydrogen-bond acceptors (Lipinski definition) is 9. The molecular weight excluding hydrogens is 685 g/mol. The van der Waals surface area contributed by atoms with Gasteiger partial charge in [0.1, 0.15) is 27.1 Å². The third-order valence-corrected chi connectivity index (χ3v) is 11.1. The van der Waals surface area contributed by atoms with Crippen LogP contribution < -0.4 is 19.8 Å². The van der Waals surface area contributed by atoms with E-state index in [1.54, 1.807) is 44.8 Å². The zero-order chi connectivity index (χ0) is 34.3. The van der Waals surface area contributed by atoms with Gasteiger partial charge in [-0.1, -0.05) is 59.6 Å². The SMILES string of the molecule is COc1ccc([C@H](Cc2c(Cl)c[nH+]cc2Cl)OC(=O)c2ccc(CNC(C(=O)OC[C@H]3CN4CCC3CC4)c3ccccc3)s2)cc1OC. The van der Waals surface area contributed by atoms with E-state index in [0.29, 0.717) is 62.5 Å². The average molecular weight is 726 g/mol. The number of H-pyrrole nitrogens is 1. The van der Waals surface area contributed by atoms with Crippen molar-refractivity contribution in [3.05, 3.63) is 110 Å². The van der Waals surface area contributed by atoms with Crippen molar-refractivity contribution in [2.24, 2.45) is 11.8 Å². The van der Waals surface area contributed by atoms with E-state index < -0.39 is 18.1 Å². The number of thiophene rings is 1. The summed E-state index contributed by atoms with van der Waals surface area (Å²) in [5, 5.41) is 4.23. The Morgan fingerprint density at radius 1 is 0.959 bits per heavy atom. The van der Waals surface area contributed by atoms with Crippen LogP contribution in [0, 0.1) is 11.8 Å². The molecule has 7 rings (SSSR count). The van der Waals surface area contributed by atoms with E-state index in [2.05, 4.69) is 15.2 Å². The Hall–Kier alpha value is -3.67. The third-order valence-electron chi connectivity index (χ3n) is 9.36. The van der Waals surface area contributed by atoms with Crippen molar-refractivity contribution < 1.29 is 33.5 Å². The minimum Gasteiger partial charge on any atom is -0.493 e. The lowest BCUT2D eigenvalue weighted by Crippen LogP contribution is -2.49. The molecule has 1 unspecified atom stereocenters. The molecule has 258 valence electrons. The summed E-state index contributed by atoms with van der Waals surface area (Å²) >= 11 is 14.3.